The van der Waals surface area contributed by atoms with Gasteiger partial charge in [0.25, 0.3) is 0 Å². The molecule has 0 aromatic rings. The minimum absolute atomic E-state index is 0.107. The van der Waals surface area contributed by atoms with E-state index in [-0.39, 0.29) is 25.7 Å². The fourth-order valence-electron chi connectivity index (χ4n) is 11.0. The first kappa shape index (κ1) is 89.1. The fourth-order valence-corrected chi connectivity index (χ4v) is 12.6. The summed E-state index contributed by atoms with van der Waals surface area (Å²) in [7, 11) is -9.90. The van der Waals surface area contributed by atoms with Crippen molar-refractivity contribution >= 4 is 39.5 Å². The molecule has 17 nitrogen and oxygen atoms in total. The van der Waals surface area contributed by atoms with Crippen molar-refractivity contribution in [3.05, 3.63) is 0 Å². The van der Waals surface area contributed by atoms with Gasteiger partial charge < -0.3 is 33.8 Å². The van der Waals surface area contributed by atoms with E-state index in [1.165, 1.54) is 199 Å². The summed E-state index contributed by atoms with van der Waals surface area (Å²) in [5, 5.41) is 10.6. The zero-order valence-electron chi connectivity index (χ0n) is 59.0. The van der Waals surface area contributed by atoms with Crippen LogP contribution in [0.5, 0.6) is 0 Å². The van der Waals surface area contributed by atoms with Gasteiger partial charge >= 0.3 is 39.5 Å². The van der Waals surface area contributed by atoms with Gasteiger partial charge in [-0.25, -0.2) is 9.13 Å². The second kappa shape index (κ2) is 65.4. The van der Waals surface area contributed by atoms with E-state index in [1.54, 1.807) is 0 Å². The molecule has 540 valence electrons. The third-order valence-corrected chi connectivity index (χ3v) is 18.7. The van der Waals surface area contributed by atoms with Crippen molar-refractivity contribution in [2.75, 3.05) is 39.6 Å². The molecule has 0 bridgehead atoms. The van der Waals surface area contributed by atoms with Crippen molar-refractivity contribution in [3.63, 3.8) is 0 Å². The highest BCUT2D eigenvalue weighted by Crippen LogP contribution is 2.45. The first-order valence-electron chi connectivity index (χ1n) is 37.6. The summed E-state index contributed by atoms with van der Waals surface area (Å²) in [6, 6.07) is 0. The summed E-state index contributed by atoms with van der Waals surface area (Å²) in [5.74, 6) is -1.35. The number of rotatable bonds is 72. The van der Waals surface area contributed by atoms with Crippen LogP contribution in [0.15, 0.2) is 0 Å². The molecule has 0 aliphatic rings. The van der Waals surface area contributed by atoms with Crippen LogP contribution in [0, 0.1) is 5.92 Å². The van der Waals surface area contributed by atoms with Gasteiger partial charge in [-0.3, -0.25) is 37.3 Å². The molecule has 0 saturated heterocycles. The number of esters is 4. The first-order valence-corrected chi connectivity index (χ1v) is 40.6. The summed E-state index contributed by atoms with van der Waals surface area (Å²) in [6.45, 7) is 7.27. The van der Waals surface area contributed by atoms with Crippen molar-refractivity contribution in [3.8, 4) is 0 Å². The predicted molar refractivity (Wildman–Crippen MR) is 368 cm³/mol. The molecule has 91 heavy (non-hydrogen) atoms. The van der Waals surface area contributed by atoms with Crippen LogP contribution in [0.4, 0.5) is 0 Å². The fraction of sp³-hybridized carbons (Fsp3) is 0.944. The number of carbonyl (C=O) groups is 4. The second-order valence-electron chi connectivity index (χ2n) is 26.5. The van der Waals surface area contributed by atoms with Gasteiger partial charge in [0.05, 0.1) is 26.4 Å². The van der Waals surface area contributed by atoms with Gasteiger partial charge in [0.1, 0.15) is 19.3 Å². The maximum Gasteiger partial charge on any atom is 0.472 e. The molecule has 0 radical (unpaired) electrons. The number of ether oxygens (including phenoxy) is 4. The van der Waals surface area contributed by atoms with Crippen LogP contribution in [0.3, 0.4) is 0 Å². The lowest BCUT2D eigenvalue weighted by Gasteiger charge is -2.21. The quantitative estimate of drug-likeness (QED) is 0.0222. The van der Waals surface area contributed by atoms with Gasteiger partial charge in [-0.2, -0.15) is 0 Å². The number of phosphoric acid groups is 2. The van der Waals surface area contributed by atoms with E-state index in [0.29, 0.717) is 25.7 Å². The number of hydrogen-bond donors (Lipinski definition) is 3. The summed E-state index contributed by atoms with van der Waals surface area (Å²) < 4.78 is 68.4. The van der Waals surface area contributed by atoms with Crippen LogP contribution in [-0.2, 0) is 65.4 Å². The Morgan fingerprint density at radius 2 is 0.505 bits per heavy atom. The Balaban J connectivity index is 5.25. The highest BCUT2D eigenvalue weighted by atomic mass is 31.2. The number of aliphatic hydroxyl groups excluding tert-OH is 1. The molecule has 0 aliphatic heterocycles. The van der Waals surface area contributed by atoms with Crippen LogP contribution in [0.1, 0.15) is 375 Å². The van der Waals surface area contributed by atoms with Crippen molar-refractivity contribution in [1.29, 1.82) is 0 Å². The average Bonchev–Trinajstić information content (AvgIpc) is 2.74. The predicted octanol–water partition coefficient (Wildman–Crippen LogP) is 20.9. The molecule has 5 atom stereocenters. The molecule has 0 fully saturated rings. The van der Waals surface area contributed by atoms with Gasteiger partial charge in [0.15, 0.2) is 12.2 Å². The molecular formula is C72H140O17P2. The lowest BCUT2D eigenvalue weighted by atomic mass is 10.0. The van der Waals surface area contributed by atoms with Crippen LogP contribution < -0.4 is 0 Å². The van der Waals surface area contributed by atoms with Gasteiger partial charge in [0.2, 0.25) is 0 Å². The smallest absolute Gasteiger partial charge is 0.462 e. The minimum Gasteiger partial charge on any atom is -0.462 e. The van der Waals surface area contributed by atoms with Crippen LogP contribution >= 0.6 is 15.6 Å². The van der Waals surface area contributed by atoms with Crippen molar-refractivity contribution < 1.29 is 80.2 Å². The zero-order valence-corrected chi connectivity index (χ0v) is 60.8. The molecule has 0 rings (SSSR count). The summed E-state index contributed by atoms with van der Waals surface area (Å²) in [5.41, 5.74) is 0. The standard InChI is InChI=1S/C72H140O17P2/c1-6-9-12-15-18-21-24-25-26-27-32-38-43-48-53-58-72(77)89-68(62-83-70(75)56-51-46-41-36-33-28-31-34-39-44-49-54-65(4)5)64-87-91(80,81)85-60-66(73)59-84-90(78,79)86-63-67(88-71(76)57-52-47-42-37-30-23-20-17-14-11-8-3)61-82-69(74)55-50-45-40-35-29-22-19-16-13-10-7-2/h65-68,73H,6-64H2,1-5H3,(H,78,79)(H,80,81)/t66-,67+,68+/m0/s1. The van der Waals surface area contributed by atoms with Crippen molar-refractivity contribution in [1.82, 2.24) is 0 Å². The van der Waals surface area contributed by atoms with Crippen molar-refractivity contribution in [2.24, 2.45) is 5.92 Å². The van der Waals surface area contributed by atoms with E-state index in [1.807, 2.05) is 0 Å². The maximum atomic E-state index is 13.0. The second-order valence-corrected chi connectivity index (χ2v) is 29.4. The Labute approximate surface area is 556 Å². The Morgan fingerprint density at radius 1 is 0.297 bits per heavy atom. The van der Waals surface area contributed by atoms with Gasteiger partial charge in [-0.15, -0.1) is 0 Å². The normalized spacial score (nSPS) is 14.0. The Kier molecular flexibility index (Phi) is 64.0. The molecular weight excluding hydrogens is 1200 g/mol. The van der Waals surface area contributed by atoms with E-state index in [9.17, 15) is 43.2 Å². The molecule has 2 unspecified atom stereocenters. The highest BCUT2D eigenvalue weighted by Gasteiger charge is 2.30. The number of hydrogen-bond acceptors (Lipinski definition) is 15. The van der Waals surface area contributed by atoms with E-state index in [2.05, 4.69) is 34.6 Å². The molecule has 0 spiro atoms. The van der Waals surface area contributed by atoms with Gasteiger partial charge in [0, 0.05) is 25.7 Å². The Bertz CT molecular complexity index is 1750. The maximum absolute atomic E-state index is 13.0. The molecule has 0 aliphatic carbocycles. The van der Waals surface area contributed by atoms with Crippen LogP contribution in [-0.4, -0.2) is 96.7 Å². The number of phosphoric ester groups is 2. The lowest BCUT2D eigenvalue weighted by Crippen LogP contribution is -2.30. The Hall–Kier alpha value is -1.94. The summed E-state index contributed by atoms with van der Waals surface area (Å²) >= 11 is 0. The summed E-state index contributed by atoms with van der Waals surface area (Å²) in [6.07, 6.45) is 52.5. The van der Waals surface area contributed by atoms with E-state index in [4.69, 9.17) is 37.0 Å². The highest BCUT2D eigenvalue weighted by molar-refractivity contribution is 7.47. The third kappa shape index (κ3) is 66.5. The van der Waals surface area contributed by atoms with Gasteiger partial charge in [-0.05, 0) is 31.6 Å². The molecule has 0 aromatic heterocycles. The third-order valence-electron chi connectivity index (χ3n) is 16.8. The SMILES string of the molecule is CCCCCCCCCCCCCCCCCC(=O)O[C@H](COC(=O)CCCCCCCCCCCCCC(C)C)COP(=O)(O)OC[C@@H](O)COP(=O)(O)OC[C@@H](COC(=O)CCCCCCCCCCCCC)OC(=O)CCCCCCCCCCCCC. The largest absolute Gasteiger partial charge is 0.472 e. The number of aliphatic hydroxyl groups is 1. The van der Waals surface area contributed by atoms with Crippen LogP contribution in [0.25, 0.3) is 0 Å². The number of unbranched alkanes of at least 4 members (excludes halogenated alkanes) is 44. The summed E-state index contributed by atoms with van der Waals surface area (Å²) in [4.78, 5) is 72.6. The molecule has 0 heterocycles. The average molecular weight is 1340 g/mol. The van der Waals surface area contributed by atoms with E-state index >= 15 is 0 Å². The topological polar surface area (TPSA) is 237 Å². The molecule has 0 saturated carbocycles. The molecule has 0 amide bonds. The molecule has 3 N–H and O–H groups in total. The lowest BCUT2D eigenvalue weighted by molar-refractivity contribution is -0.161. The van der Waals surface area contributed by atoms with Crippen molar-refractivity contribution in [2.45, 2.75) is 393 Å². The van der Waals surface area contributed by atoms with Gasteiger partial charge in [-0.1, -0.05) is 324 Å². The first-order chi connectivity index (χ1) is 44.0. The van der Waals surface area contributed by atoms with E-state index in [0.717, 1.165) is 95.8 Å². The van der Waals surface area contributed by atoms with E-state index < -0.39 is 97.5 Å². The minimum atomic E-state index is -4.95. The molecule has 0 aromatic carbocycles. The monoisotopic (exact) mass is 1340 g/mol. The molecule has 19 heteroatoms. The number of carbonyl (C=O) groups excluding carboxylic acids is 4. The zero-order chi connectivity index (χ0) is 67.0. The Morgan fingerprint density at radius 3 is 0.747 bits per heavy atom. The van der Waals surface area contributed by atoms with Crippen LogP contribution in [0.2, 0.25) is 0 Å².